The van der Waals surface area contributed by atoms with Crippen LogP contribution in [0.4, 0.5) is 10.1 Å². The lowest BCUT2D eigenvalue weighted by Crippen LogP contribution is -2.38. The van der Waals surface area contributed by atoms with Crippen LogP contribution in [-0.4, -0.2) is 30.0 Å². The second kappa shape index (κ2) is 8.90. The smallest absolute Gasteiger partial charge is 0.306 e. The maximum atomic E-state index is 13.8. The lowest BCUT2D eigenvalue weighted by Gasteiger charge is -2.29. The second-order valence-electron chi connectivity index (χ2n) is 7.04. The van der Waals surface area contributed by atoms with E-state index in [0.29, 0.717) is 23.8 Å². The Labute approximate surface area is 173 Å². The van der Waals surface area contributed by atoms with Crippen molar-refractivity contribution >= 4 is 17.6 Å². The van der Waals surface area contributed by atoms with Crippen molar-refractivity contribution in [2.24, 2.45) is 0 Å². The summed E-state index contributed by atoms with van der Waals surface area (Å²) in [5.74, 6) is -0.554. The van der Waals surface area contributed by atoms with Crippen molar-refractivity contribution in [2.45, 2.75) is 25.7 Å². The van der Waals surface area contributed by atoms with Gasteiger partial charge in [-0.15, -0.1) is 0 Å². The van der Waals surface area contributed by atoms with Gasteiger partial charge in [-0.2, -0.15) is 0 Å². The molecule has 0 aliphatic carbocycles. The molecule has 0 atom stereocenters. The van der Waals surface area contributed by atoms with Crippen LogP contribution in [0.1, 0.15) is 24.3 Å². The molecule has 154 valence electrons. The molecule has 30 heavy (non-hydrogen) atoms. The minimum Gasteiger partial charge on any atom is -0.456 e. The highest BCUT2D eigenvalue weighted by molar-refractivity contribution is 5.96. The fourth-order valence-corrected chi connectivity index (χ4v) is 3.51. The number of halogens is 1. The zero-order valence-corrected chi connectivity index (χ0v) is 16.3. The van der Waals surface area contributed by atoms with Gasteiger partial charge in [-0.05, 0) is 36.6 Å². The molecule has 7 heteroatoms. The standard InChI is InChI=1S/C23H21FN2O4/c24-18-9-3-2-8-17(18)20-14-25-21(30-20)11-12-23(28)29-15-22(27)26-13-5-7-16-6-1-4-10-19(16)26/h1-4,6,8-10,14H,5,7,11-13,15H2. The first-order valence-corrected chi connectivity index (χ1v) is 9.85. The molecule has 1 aliphatic rings. The number of fused-ring (bicyclic) bond motifs is 1. The molecule has 2 aromatic carbocycles. The number of oxazole rings is 1. The van der Waals surface area contributed by atoms with Crippen LogP contribution in [0.15, 0.2) is 59.1 Å². The SMILES string of the molecule is O=C(CCc1ncc(-c2ccccc2F)o1)OCC(=O)N1CCCc2ccccc21. The van der Waals surface area contributed by atoms with Crippen molar-refractivity contribution in [1.29, 1.82) is 0 Å². The molecule has 0 fully saturated rings. The van der Waals surface area contributed by atoms with E-state index in [1.807, 2.05) is 24.3 Å². The van der Waals surface area contributed by atoms with Gasteiger partial charge in [0.2, 0.25) is 0 Å². The van der Waals surface area contributed by atoms with Crippen LogP contribution >= 0.6 is 0 Å². The molecule has 1 aromatic heterocycles. The minimum atomic E-state index is -0.515. The normalized spacial score (nSPS) is 13.0. The molecule has 6 nitrogen and oxygen atoms in total. The van der Waals surface area contributed by atoms with E-state index in [1.165, 1.54) is 12.3 Å². The number of amides is 1. The average Bonchev–Trinajstić information content (AvgIpc) is 3.24. The number of carbonyl (C=O) groups is 2. The number of anilines is 1. The Morgan fingerprint density at radius 2 is 1.93 bits per heavy atom. The molecule has 0 spiro atoms. The number of rotatable bonds is 6. The van der Waals surface area contributed by atoms with E-state index < -0.39 is 11.8 Å². The molecule has 1 aliphatic heterocycles. The summed E-state index contributed by atoms with van der Waals surface area (Å²) in [7, 11) is 0. The van der Waals surface area contributed by atoms with E-state index in [1.54, 1.807) is 23.1 Å². The zero-order chi connectivity index (χ0) is 20.9. The van der Waals surface area contributed by atoms with Gasteiger partial charge in [0.05, 0.1) is 18.2 Å². The number of aromatic nitrogens is 1. The highest BCUT2D eigenvalue weighted by Crippen LogP contribution is 2.27. The van der Waals surface area contributed by atoms with Gasteiger partial charge in [-0.1, -0.05) is 30.3 Å². The van der Waals surface area contributed by atoms with Crippen molar-refractivity contribution in [3.05, 3.63) is 72.0 Å². The maximum Gasteiger partial charge on any atom is 0.306 e. The largest absolute Gasteiger partial charge is 0.456 e. The van der Waals surface area contributed by atoms with Gasteiger partial charge in [-0.3, -0.25) is 9.59 Å². The number of para-hydroxylation sites is 1. The van der Waals surface area contributed by atoms with Gasteiger partial charge in [-0.25, -0.2) is 9.37 Å². The fourth-order valence-electron chi connectivity index (χ4n) is 3.51. The Balaban J connectivity index is 1.28. The van der Waals surface area contributed by atoms with Crippen LogP contribution in [0.5, 0.6) is 0 Å². The first kappa shape index (κ1) is 19.8. The third-order valence-electron chi connectivity index (χ3n) is 5.00. The molecule has 0 unspecified atom stereocenters. The number of nitrogens with zero attached hydrogens (tertiary/aromatic N) is 2. The Morgan fingerprint density at radius 3 is 2.80 bits per heavy atom. The summed E-state index contributed by atoms with van der Waals surface area (Å²) in [4.78, 5) is 30.3. The second-order valence-corrected chi connectivity index (χ2v) is 7.04. The predicted octanol–water partition coefficient (Wildman–Crippen LogP) is 3.94. The molecule has 0 N–H and O–H groups in total. The first-order valence-electron chi connectivity index (χ1n) is 9.85. The number of carbonyl (C=O) groups excluding carboxylic acids is 2. The van der Waals surface area contributed by atoms with Crippen LogP contribution in [0, 0.1) is 5.82 Å². The summed E-state index contributed by atoms with van der Waals surface area (Å²) in [6.07, 6.45) is 3.46. The molecule has 0 saturated heterocycles. The number of benzene rings is 2. The van der Waals surface area contributed by atoms with E-state index in [9.17, 15) is 14.0 Å². The lowest BCUT2D eigenvalue weighted by atomic mass is 10.0. The maximum absolute atomic E-state index is 13.8. The topological polar surface area (TPSA) is 72.6 Å². The number of hydrogen-bond donors (Lipinski definition) is 0. The predicted molar refractivity (Wildman–Crippen MR) is 108 cm³/mol. The van der Waals surface area contributed by atoms with Crippen LogP contribution in [0.25, 0.3) is 11.3 Å². The van der Waals surface area contributed by atoms with E-state index in [2.05, 4.69) is 4.98 Å². The number of esters is 1. The molecule has 0 radical (unpaired) electrons. The van der Waals surface area contributed by atoms with Crippen molar-refractivity contribution < 1.29 is 23.1 Å². The fraction of sp³-hybridized carbons (Fsp3) is 0.261. The molecular formula is C23H21FN2O4. The molecule has 0 saturated carbocycles. The van der Waals surface area contributed by atoms with Gasteiger partial charge in [0.1, 0.15) is 5.82 Å². The van der Waals surface area contributed by atoms with Crippen LogP contribution in [0.2, 0.25) is 0 Å². The zero-order valence-electron chi connectivity index (χ0n) is 16.3. The summed E-state index contributed by atoms with van der Waals surface area (Å²) < 4.78 is 24.5. The van der Waals surface area contributed by atoms with Gasteiger partial charge in [0.25, 0.3) is 5.91 Å². The van der Waals surface area contributed by atoms with Crippen molar-refractivity contribution in [1.82, 2.24) is 4.98 Å². The van der Waals surface area contributed by atoms with Crippen molar-refractivity contribution in [3.63, 3.8) is 0 Å². The number of hydrogen-bond acceptors (Lipinski definition) is 5. The molecule has 4 rings (SSSR count). The third-order valence-corrected chi connectivity index (χ3v) is 5.00. The summed E-state index contributed by atoms with van der Waals surface area (Å²) in [5, 5.41) is 0. The van der Waals surface area contributed by atoms with E-state index in [0.717, 1.165) is 24.1 Å². The summed E-state index contributed by atoms with van der Waals surface area (Å²) in [6, 6.07) is 14.0. The highest BCUT2D eigenvalue weighted by Gasteiger charge is 2.23. The Morgan fingerprint density at radius 1 is 1.13 bits per heavy atom. The molecular weight excluding hydrogens is 387 g/mol. The van der Waals surface area contributed by atoms with E-state index >= 15 is 0 Å². The van der Waals surface area contributed by atoms with Gasteiger partial charge in [0, 0.05) is 18.7 Å². The molecule has 1 amide bonds. The Hall–Kier alpha value is -3.48. The van der Waals surface area contributed by atoms with Gasteiger partial charge >= 0.3 is 5.97 Å². The molecule has 3 aromatic rings. The summed E-state index contributed by atoms with van der Waals surface area (Å²) >= 11 is 0. The average molecular weight is 408 g/mol. The monoisotopic (exact) mass is 408 g/mol. The van der Waals surface area contributed by atoms with Gasteiger partial charge in [0.15, 0.2) is 18.3 Å². The number of aryl methyl sites for hydroxylation is 2. The Kier molecular flexibility index (Phi) is 5.88. The van der Waals surface area contributed by atoms with Crippen LogP contribution in [0.3, 0.4) is 0 Å². The quantitative estimate of drug-likeness (QED) is 0.578. The van der Waals surface area contributed by atoms with Crippen molar-refractivity contribution in [2.75, 3.05) is 18.1 Å². The van der Waals surface area contributed by atoms with Crippen molar-refractivity contribution in [3.8, 4) is 11.3 Å². The lowest BCUT2D eigenvalue weighted by molar-refractivity contribution is -0.147. The summed E-state index contributed by atoms with van der Waals surface area (Å²) in [6.45, 7) is 0.307. The first-order chi connectivity index (χ1) is 14.6. The highest BCUT2D eigenvalue weighted by atomic mass is 19.1. The summed E-state index contributed by atoms with van der Waals surface area (Å²) in [5.41, 5.74) is 2.31. The Bertz CT molecular complexity index is 1060. The van der Waals surface area contributed by atoms with E-state index in [4.69, 9.17) is 9.15 Å². The number of ether oxygens (including phenoxy) is 1. The van der Waals surface area contributed by atoms with Crippen LogP contribution < -0.4 is 4.90 Å². The third kappa shape index (κ3) is 4.40. The minimum absolute atomic E-state index is 0.0150. The molecule has 0 bridgehead atoms. The van der Waals surface area contributed by atoms with Gasteiger partial charge < -0.3 is 14.1 Å². The van der Waals surface area contributed by atoms with E-state index in [-0.39, 0.29) is 25.4 Å². The molecule has 2 heterocycles. The van der Waals surface area contributed by atoms with Crippen LogP contribution in [-0.2, 0) is 27.2 Å².